The fourth-order valence-corrected chi connectivity index (χ4v) is 4.33. The third kappa shape index (κ3) is 9.58. The minimum atomic E-state index is -1.22. The summed E-state index contributed by atoms with van der Waals surface area (Å²) in [6.45, 7) is 10.6. The van der Waals surface area contributed by atoms with Gasteiger partial charge < -0.3 is 46.1 Å². The number of carboxylic acids is 1. The molecule has 0 aromatic carbocycles. The fraction of sp³-hybridized carbons (Fsp3) is 0.667. The van der Waals surface area contributed by atoms with Crippen molar-refractivity contribution in [3.05, 3.63) is 12.4 Å². The van der Waals surface area contributed by atoms with Gasteiger partial charge in [0.25, 0.3) is 0 Å². The quantitative estimate of drug-likeness (QED) is 0.111. The van der Waals surface area contributed by atoms with E-state index < -0.39 is 53.0 Å². The van der Waals surface area contributed by atoms with Gasteiger partial charge in [0, 0.05) is 32.7 Å². The van der Waals surface area contributed by atoms with Crippen molar-refractivity contribution in [2.45, 2.75) is 57.3 Å². The van der Waals surface area contributed by atoms with Gasteiger partial charge in [-0.1, -0.05) is 6.58 Å². The molecule has 0 aromatic rings. The molecule has 0 radical (unpaired) electrons. The van der Waals surface area contributed by atoms with Gasteiger partial charge in [-0.3, -0.25) is 9.59 Å². The molecule has 0 bridgehead atoms. The molecule has 16 nitrogen and oxygen atoms in total. The van der Waals surface area contributed by atoms with Crippen molar-refractivity contribution in [1.82, 2.24) is 30.7 Å². The normalized spacial score (nSPS) is 20.2. The Bertz CT molecular complexity index is 1040. The van der Waals surface area contributed by atoms with Crippen LogP contribution >= 0.6 is 11.6 Å². The van der Waals surface area contributed by atoms with E-state index in [0.29, 0.717) is 38.3 Å². The van der Waals surface area contributed by atoms with Crippen molar-refractivity contribution < 1.29 is 43.3 Å². The molecule has 0 saturated carbocycles. The maximum atomic E-state index is 12.4. The van der Waals surface area contributed by atoms with E-state index in [0.717, 1.165) is 4.90 Å². The molecule has 3 fully saturated rings. The lowest BCUT2D eigenvalue weighted by Gasteiger charge is -2.48. The van der Waals surface area contributed by atoms with Crippen molar-refractivity contribution in [2.24, 2.45) is 11.7 Å². The van der Waals surface area contributed by atoms with Crippen LogP contribution in [0.3, 0.4) is 0 Å². The summed E-state index contributed by atoms with van der Waals surface area (Å²) in [6.07, 6.45) is -0.229. The van der Waals surface area contributed by atoms with Gasteiger partial charge in [-0.25, -0.2) is 24.1 Å². The predicted octanol–water partition coefficient (Wildman–Crippen LogP) is 0.412. The molecule has 3 aliphatic heterocycles. The number of halogens is 1. The van der Waals surface area contributed by atoms with Crippen LogP contribution in [0.15, 0.2) is 12.4 Å². The number of ether oxygens (including phenoxy) is 2. The molecule has 0 spiro atoms. The highest BCUT2D eigenvalue weighted by Gasteiger charge is 2.56. The number of methoxy groups -OCH3 is 1. The fourth-order valence-electron chi connectivity index (χ4n) is 4.19. The van der Waals surface area contributed by atoms with Crippen LogP contribution < -0.4 is 21.7 Å². The number of nitrogens with one attached hydrogen (secondary N) is 3. The standard InChI is InChI=1S/C15H23N5O6.C9H15ClN2O3/c1-8(16)17-5-3-4-10-11(13(22)23)20(12(10)21)15(25)19-6-9(7-19)18-14(24)26-2;1-9(2,3)15-8(14)11-6-4-12(5-6)7(10)13/h9-11,17H,1,3-7,16H2,2H3,(H,18,24)(H,22,23);6H,4-5H2,1-3H3,(H,11,14)/t10-,11?;/m1./s1. The van der Waals surface area contributed by atoms with Crippen LogP contribution in [0, 0.1) is 5.92 Å². The molecule has 17 heteroatoms. The number of carbonyl (C=O) groups excluding carboxylic acids is 5. The Morgan fingerprint density at radius 3 is 2.05 bits per heavy atom. The number of nitrogens with zero attached hydrogens (tertiary/aromatic N) is 3. The van der Waals surface area contributed by atoms with Gasteiger partial charge in [0.2, 0.25) is 5.91 Å². The van der Waals surface area contributed by atoms with Crippen LogP contribution in [0.2, 0.25) is 0 Å². The maximum absolute atomic E-state index is 12.4. The molecule has 3 saturated heterocycles. The molecule has 0 aliphatic carbocycles. The molecule has 3 rings (SSSR count). The molecule has 1 unspecified atom stereocenters. The number of rotatable bonds is 8. The number of hydrogen-bond acceptors (Lipinski definition) is 10. The van der Waals surface area contributed by atoms with E-state index in [1.54, 1.807) is 20.8 Å². The Hall–Kier alpha value is -3.95. The largest absolute Gasteiger partial charge is 0.480 e. The Morgan fingerprint density at radius 2 is 1.59 bits per heavy atom. The molecule has 41 heavy (non-hydrogen) atoms. The summed E-state index contributed by atoms with van der Waals surface area (Å²) in [7, 11) is 1.23. The predicted molar refractivity (Wildman–Crippen MR) is 145 cm³/mol. The highest BCUT2D eigenvalue weighted by molar-refractivity contribution is 6.62. The average Bonchev–Trinajstić information content (AvgIpc) is 2.79. The smallest absolute Gasteiger partial charge is 0.407 e. The zero-order valence-electron chi connectivity index (χ0n) is 23.5. The van der Waals surface area contributed by atoms with Crippen molar-refractivity contribution in [2.75, 3.05) is 39.8 Å². The van der Waals surface area contributed by atoms with E-state index in [1.807, 2.05) is 0 Å². The third-order valence-electron chi connectivity index (χ3n) is 6.23. The summed E-state index contributed by atoms with van der Waals surface area (Å²) >= 11 is 5.23. The lowest BCUT2D eigenvalue weighted by atomic mass is 9.83. The number of carbonyl (C=O) groups is 6. The summed E-state index contributed by atoms with van der Waals surface area (Å²) in [6, 6.07) is -2.17. The van der Waals surface area contributed by atoms with Crippen molar-refractivity contribution >= 4 is 47.1 Å². The van der Waals surface area contributed by atoms with Gasteiger partial charge in [-0.15, -0.1) is 0 Å². The number of nitrogens with two attached hydrogens (primary N) is 1. The van der Waals surface area contributed by atoms with Gasteiger partial charge in [-0.05, 0) is 45.2 Å². The van der Waals surface area contributed by atoms with Crippen LogP contribution in [0.1, 0.15) is 33.6 Å². The number of aliphatic carboxylic acids is 1. The van der Waals surface area contributed by atoms with Crippen LogP contribution in [-0.4, -0.2) is 119 Å². The number of carboxylic acid groups (broad SMARTS) is 1. The minimum absolute atomic E-state index is 0.0532. The lowest BCUT2D eigenvalue weighted by molar-refractivity contribution is -0.167. The van der Waals surface area contributed by atoms with E-state index in [-0.39, 0.29) is 25.2 Å². The van der Waals surface area contributed by atoms with E-state index >= 15 is 0 Å². The van der Waals surface area contributed by atoms with Gasteiger partial charge in [0.05, 0.1) is 30.9 Å². The summed E-state index contributed by atoms with van der Waals surface area (Å²) in [4.78, 5) is 72.6. The zero-order chi connectivity index (χ0) is 31.1. The van der Waals surface area contributed by atoms with Crippen LogP contribution in [0.5, 0.6) is 0 Å². The van der Waals surface area contributed by atoms with Crippen LogP contribution in [-0.2, 0) is 19.1 Å². The first-order valence-electron chi connectivity index (χ1n) is 12.9. The number of likely N-dealkylation sites (tertiary alicyclic amines) is 3. The third-order valence-corrected chi connectivity index (χ3v) is 6.47. The SMILES string of the molecule is C=C(N)NCCC[C@H]1C(=O)N(C(=O)N2CC(NC(=O)OC)C2)C1C(=O)O.CC(C)(C)OC(=O)NC1CN(C(=O)Cl)C1. The first kappa shape index (κ1) is 33.3. The molecule has 6 N–H and O–H groups in total. The molecule has 3 aliphatic rings. The summed E-state index contributed by atoms with van der Waals surface area (Å²) < 4.78 is 9.51. The number of amides is 6. The van der Waals surface area contributed by atoms with E-state index in [1.165, 1.54) is 16.9 Å². The summed E-state index contributed by atoms with van der Waals surface area (Å²) in [5.74, 6) is -2.17. The first-order chi connectivity index (χ1) is 19.0. The second-order valence-electron chi connectivity index (χ2n) is 10.7. The lowest BCUT2D eigenvalue weighted by Crippen LogP contribution is -2.72. The van der Waals surface area contributed by atoms with E-state index in [4.69, 9.17) is 22.1 Å². The molecule has 6 amide bonds. The second-order valence-corrected chi connectivity index (χ2v) is 11.0. The van der Waals surface area contributed by atoms with E-state index in [9.17, 15) is 33.9 Å². The van der Waals surface area contributed by atoms with Crippen molar-refractivity contribution in [3.8, 4) is 0 Å². The highest BCUT2D eigenvalue weighted by Crippen LogP contribution is 2.32. The Balaban J connectivity index is 0.000000333. The van der Waals surface area contributed by atoms with Crippen LogP contribution in [0.25, 0.3) is 0 Å². The molecule has 2 atom stereocenters. The zero-order valence-corrected chi connectivity index (χ0v) is 24.2. The molecule has 0 aromatic heterocycles. The molecular weight excluding hydrogens is 566 g/mol. The average molecular weight is 604 g/mol. The number of imide groups is 1. The number of β-lactam (4-membered cyclic amide) rings is 1. The van der Waals surface area contributed by atoms with Gasteiger partial charge in [0.1, 0.15) is 5.60 Å². The van der Waals surface area contributed by atoms with Gasteiger partial charge in [0.15, 0.2) is 6.04 Å². The highest BCUT2D eigenvalue weighted by atomic mass is 35.5. The first-order valence-corrected chi connectivity index (χ1v) is 13.2. The Morgan fingerprint density at radius 1 is 1.05 bits per heavy atom. The van der Waals surface area contributed by atoms with E-state index in [2.05, 4.69) is 27.3 Å². The monoisotopic (exact) mass is 603 g/mol. The number of hydrogen-bond donors (Lipinski definition) is 5. The number of alkyl carbamates (subject to hydrolysis) is 2. The Labute approximate surface area is 242 Å². The van der Waals surface area contributed by atoms with Crippen molar-refractivity contribution in [1.29, 1.82) is 0 Å². The topological polar surface area (TPSA) is 213 Å². The molecular formula is C24H38ClN7O9. The molecule has 230 valence electrons. The minimum Gasteiger partial charge on any atom is -0.480 e. The van der Waals surface area contributed by atoms with Crippen LogP contribution in [0.4, 0.5) is 19.2 Å². The summed E-state index contributed by atoms with van der Waals surface area (Å²) in [5.41, 5.74) is 4.86. The molecule has 3 heterocycles. The number of urea groups is 1. The second kappa shape index (κ2) is 14.1. The maximum Gasteiger partial charge on any atom is 0.407 e. The summed E-state index contributed by atoms with van der Waals surface area (Å²) in [5, 5.41) is 16.8. The Kier molecular flexibility index (Phi) is 11.4. The van der Waals surface area contributed by atoms with Gasteiger partial charge in [-0.2, -0.15) is 0 Å². The van der Waals surface area contributed by atoms with Crippen molar-refractivity contribution in [3.63, 3.8) is 0 Å². The van der Waals surface area contributed by atoms with Gasteiger partial charge >= 0.3 is 29.6 Å².